The maximum atomic E-state index is 13.4. The highest BCUT2D eigenvalue weighted by Gasteiger charge is 2.06. The molecule has 0 saturated carbocycles. The molecule has 0 spiro atoms. The predicted octanol–water partition coefficient (Wildman–Crippen LogP) is 3.73. The quantitative estimate of drug-likeness (QED) is 0.627. The summed E-state index contributed by atoms with van der Waals surface area (Å²) in [5, 5.41) is 0. The average Bonchev–Trinajstić information content (AvgIpc) is 2.70. The molecule has 1 aromatic rings. The highest BCUT2D eigenvalue weighted by molar-refractivity contribution is 5.73. The summed E-state index contributed by atoms with van der Waals surface area (Å²) in [5.74, 6) is -0.161. The third kappa shape index (κ3) is 1.53. The van der Waals surface area contributed by atoms with Crippen LogP contribution in [-0.2, 0) is 0 Å². The van der Waals surface area contributed by atoms with Crippen LogP contribution in [0.15, 0.2) is 54.1 Å². The maximum Gasteiger partial charge on any atom is 0.130 e. The Kier molecular flexibility index (Phi) is 2.32. The fraction of sp³-hybridized carbons (Fsp3) is 0.0769. The van der Waals surface area contributed by atoms with Crippen LogP contribution in [0.1, 0.15) is 12.5 Å². The molecule has 0 nitrogen and oxygen atoms in total. The lowest BCUT2D eigenvalue weighted by molar-refractivity contribution is 0.624. The van der Waals surface area contributed by atoms with Crippen molar-refractivity contribution in [1.82, 2.24) is 0 Å². The molecule has 0 aromatic heterocycles. The standard InChI is InChI=1S/C13H11F/c1-10(11-6-2-3-7-11)12-8-4-5-9-13(12)14/h2-9H,1H3. The second-order valence-electron chi connectivity index (χ2n) is 3.28. The third-order valence-corrected chi connectivity index (χ3v) is 2.37. The zero-order valence-corrected chi connectivity index (χ0v) is 8.00. The average molecular weight is 186 g/mol. The number of hydrogen-bond acceptors (Lipinski definition) is 0. The molecule has 0 N–H and O–H groups in total. The molecule has 0 unspecified atom stereocenters. The lowest BCUT2D eigenvalue weighted by atomic mass is 10.0. The van der Waals surface area contributed by atoms with E-state index in [0.29, 0.717) is 5.56 Å². The molecule has 14 heavy (non-hydrogen) atoms. The van der Waals surface area contributed by atoms with Crippen molar-refractivity contribution in [3.63, 3.8) is 0 Å². The van der Waals surface area contributed by atoms with Crippen molar-refractivity contribution in [2.75, 3.05) is 0 Å². The van der Waals surface area contributed by atoms with Crippen molar-refractivity contribution in [2.24, 2.45) is 0 Å². The van der Waals surface area contributed by atoms with E-state index in [2.05, 4.69) is 0 Å². The third-order valence-electron chi connectivity index (χ3n) is 2.37. The molecule has 1 heteroatoms. The number of hydrogen-bond donors (Lipinski definition) is 0. The van der Waals surface area contributed by atoms with E-state index in [1.54, 1.807) is 12.1 Å². The van der Waals surface area contributed by atoms with Crippen molar-refractivity contribution in [3.8, 4) is 0 Å². The van der Waals surface area contributed by atoms with Crippen LogP contribution in [0.25, 0.3) is 5.57 Å². The number of benzene rings is 1. The molecular weight excluding hydrogens is 175 g/mol. The van der Waals surface area contributed by atoms with Gasteiger partial charge in [-0.3, -0.25) is 0 Å². The molecule has 0 fully saturated rings. The normalized spacial score (nSPS) is 13.7. The minimum atomic E-state index is -0.161. The molecule has 1 aliphatic rings. The van der Waals surface area contributed by atoms with E-state index in [9.17, 15) is 4.39 Å². The summed E-state index contributed by atoms with van der Waals surface area (Å²) >= 11 is 0. The first-order chi connectivity index (χ1) is 6.79. The minimum Gasteiger partial charge on any atom is -0.206 e. The van der Waals surface area contributed by atoms with Gasteiger partial charge in [0.15, 0.2) is 0 Å². The summed E-state index contributed by atoms with van der Waals surface area (Å²) in [6, 6.07) is 6.85. The smallest absolute Gasteiger partial charge is 0.130 e. The van der Waals surface area contributed by atoms with Gasteiger partial charge in [0.25, 0.3) is 0 Å². The van der Waals surface area contributed by atoms with Crippen molar-refractivity contribution in [1.29, 1.82) is 0 Å². The van der Waals surface area contributed by atoms with Gasteiger partial charge in [-0.2, -0.15) is 0 Å². The van der Waals surface area contributed by atoms with E-state index in [1.165, 1.54) is 6.07 Å². The van der Waals surface area contributed by atoms with Gasteiger partial charge in [-0.25, -0.2) is 4.39 Å². The van der Waals surface area contributed by atoms with Crippen molar-refractivity contribution >= 4 is 5.57 Å². The van der Waals surface area contributed by atoms with Gasteiger partial charge in [0.2, 0.25) is 0 Å². The summed E-state index contributed by atoms with van der Waals surface area (Å²) in [6.45, 7) is 1.94. The molecule has 70 valence electrons. The molecule has 2 rings (SSSR count). The molecule has 1 aliphatic carbocycles. The van der Waals surface area contributed by atoms with E-state index in [4.69, 9.17) is 0 Å². The van der Waals surface area contributed by atoms with Crippen LogP contribution in [-0.4, -0.2) is 0 Å². The van der Waals surface area contributed by atoms with Crippen molar-refractivity contribution < 1.29 is 4.39 Å². The van der Waals surface area contributed by atoms with Crippen LogP contribution >= 0.6 is 0 Å². The Morgan fingerprint density at radius 1 is 1.07 bits per heavy atom. The van der Waals surface area contributed by atoms with Gasteiger partial charge in [0.1, 0.15) is 5.82 Å². The number of allylic oxidation sites excluding steroid dienone is 6. The van der Waals surface area contributed by atoms with Gasteiger partial charge in [0, 0.05) is 5.56 Å². The molecule has 0 radical (unpaired) electrons. The van der Waals surface area contributed by atoms with Gasteiger partial charge in [0.05, 0.1) is 0 Å². The largest absolute Gasteiger partial charge is 0.206 e. The molecule has 0 bridgehead atoms. The fourth-order valence-electron chi connectivity index (χ4n) is 1.54. The Morgan fingerprint density at radius 2 is 1.71 bits per heavy atom. The Balaban J connectivity index is 2.51. The summed E-state index contributed by atoms with van der Waals surface area (Å²) in [7, 11) is 0. The second-order valence-corrected chi connectivity index (χ2v) is 3.28. The van der Waals surface area contributed by atoms with E-state index >= 15 is 0 Å². The van der Waals surface area contributed by atoms with Crippen LogP contribution in [0.2, 0.25) is 0 Å². The zero-order valence-electron chi connectivity index (χ0n) is 8.00. The molecule has 1 aromatic carbocycles. The SMILES string of the molecule is CC(=C1C=CC=C1)c1ccccc1F. The van der Waals surface area contributed by atoms with Crippen molar-refractivity contribution in [2.45, 2.75) is 6.92 Å². The summed E-state index contributed by atoms with van der Waals surface area (Å²) in [6.07, 6.45) is 7.89. The Hall–Kier alpha value is -1.63. The summed E-state index contributed by atoms with van der Waals surface area (Å²) < 4.78 is 13.4. The molecule has 0 atom stereocenters. The van der Waals surface area contributed by atoms with E-state index in [0.717, 1.165) is 11.1 Å². The van der Waals surface area contributed by atoms with Gasteiger partial charge >= 0.3 is 0 Å². The Morgan fingerprint density at radius 3 is 2.36 bits per heavy atom. The Bertz CT molecular complexity index is 422. The number of halogens is 1. The van der Waals surface area contributed by atoms with E-state index in [-0.39, 0.29) is 5.82 Å². The minimum absolute atomic E-state index is 0.161. The monoisotopic (exact) mass is 186 g/mol. The van der Waals surface area contributed by atoms with Crippen LogP contribution in [0, 0.1) is 5.82 Å². The van der Waals surface area contributed by atoms with Gasteiger partial charge in [-0.15, -0.1) is 0 Å². The van der Waals surface area contributed by atoms with E-state index < -0.39 is 0 Å². The highest BCUT2D eigenvalue weighted by Crippen LogP contribution is 2.24. The topological polar surface area (TPSA) is 0 Å². The van der Waals surface area contributed by atoms with Crippen LogP contribution in [0.3, 0.4) is 0 Å². The summed E-state index contributed by atoms with van der Waals surface area (Å²) in [4.78, 5) is 0. The molecule has 0 aliphatic heterocycles. The highest BCUT2D eigenvalue weighted by atomic mass is 19.1. The fourth-order valence-corrected chi connectivity index (χ4v) is 1.54. The lowest BCUT2D eigenvalue weighted by Crippen LogP contribution is -1.87. The predicted molar refractivity (Wildman–Crippen MR) is 57.3 cm³/mol. The second kappa shape index (κ2) is 3.62. The van der Waals surface area contributed by atoms with Crippen molar-refractivity contribution in [3.05, 3.63) is 65.5 Å². The first kappa shape index (κ1) is 8.95. The van der Waals surface area contributed by atoms with E-state index in [1.807, 2.05) is 37.3 Å². The molecule has 0 amide bonds. The molecule has 0 saturated heterocycles. The van der Waals surface area contributed by atoms with Crippen LogP contribution in [0.4, 0.5) is 4.39 Å². The Labute approximate surface area is 83.1 Å². The molecule has 0 heterocycles. The first-order valence-electron chi connectivity index (χ1n) is 4.59. The van der Waals surface area contributed by atoms with Crippen LogP contribution in [0.5, 0.6) is 0 Å². The summed E-state index contributed by atoms with van der Waals surface area (Å²) in [5.41, 5.74) is 2.74. The van der Waals surface area contributed by atoms with Gasteiger partial charge in [-0.05, 0) is 24.1 Å². The lowest BCUT2D eigenvalue weighted by Gasteiger charge is -2.04. The first-order valence-corrected chi connectivity index (χ1v) is 4.59. The van der Waals surface area contributed by atoms with Crippen LogP contribution < -0.4 is 0 Å². The maximum absolute atomic E-state index is 13.4. The number of rotatable bonds is 1. The van der Waals surface area contributed by atoms with Gasteiger partial charge < -0.3 is 0 Å². The molecular formula is C13H11F. The zero-order chi connectivity index (χ0) is 9.97. The van der Waals surface area contributed by atoms with Gasteiger partial charge in [-0.1, -0.05) is 42.5 Å².